The minimum atomic E-state index is -4.20. The second kappa shape index (κ2) is 3.45. The fraction of sp³-hybridized carbons (Fsp3) is 0.222. The number of nitrogens with one attached hydrogen (secondary N) is 2. The molecule has 0 aliphatic rings. The maximum absolute atomic E-state index is 11.9. The smallest absolute Gasteiger partial charge is 0.376 e. The molecule has 2 N–H and O–H groups in total. The number of aromatic amines is 1. The van der Waals surface area contributed by atoms with Gasteiger partial charge in [-0.2, -0.15) is 18.3 Å². The van der Waals surface area contributed by atoms with Crippen molar-refractivity contribution in [2.24, 2.45) is 0 Å². The molecule has 0 saturated carbocycles. The lowest BCUT2D eigenvalue weighted by Crippen LogP contribution is -2.21. The summed E-state index contributed by atoms with van der Waals surface area (Å²) in [7, 11) is 0. The Bertz CT molecular complexity index is 461. The van der Waals surface area contributed by atoms with Crippen LogP contribution in [0.2, 0.25) is 0 Å². The molecule has 80 valence electrons. The molecule has 2 rings (SSSR count). The van der Waals surface area contributed by atoms with Crippen molar-refractivity contribution in [2.45, 2.75) is 6.18 Å². The van der Waals surface area contributed by atoms with E-state index in [1.54, 1.807) is 24.4 Å². The number of nitrogens with zero attached hydrogens (tertiary/aromatic N) is 1. The Labute approximate surface area is 83.3 Å². The van der Waals surface area contributed by atoms with E-state index < -0.39 is 12.7 Å². The zero-order valence-electron chi connectivity index (χ0n) is 7.60. The van der Waals surface area contributed by atoms with Gasteiger partial charge in [-0.3, -0.25) is 5.10 Å². The van der Waals surface area contributed by atoms with Gasteiger partial charge in [-0.1, -0.05) is 0 Å². The van der Waals surface area contributed by atoms with Crippen molar-refractivity contribution in [3.8, 4) is 0 Å². The van der Waals surface area contributed by atoms with Crippen LogP contribution in [0.1, 0.15) is 0 Å². The first-order chi connectivity index (χ1) is 7.04. The first-order valence-corrected chi connectivity index (χ1v) is 4.28. The van der Waals surface area contributed by atoms with E-state index in [1.165, 1.54) is 0 Å². The Balaban J connectivity index is 2.15. The molecule has 0 aliphatic heterocycles. The molecule has 0 unspecified atom stereocenters. The molecule has 0 aliphatic carbocycles. The van der Waals surface area contributed by atoms with Crippen molar-refractivity contribution >= 4 is 16.6 Å². The van der Waals surface area contributed by atoms with Crippen molar-refractivity contribution < 1.29 is 13.2 Å². The standard InChI is InChI=1S/C9H8F3N3/c10-9(11,12)5-13-7-1-2-8-6(3-7)4-14-15-8/h1-4,13H,5H2,(H,14,15). The van der Waals surface area contributed by atoms with E-state index in [1.807, 2.05) is 0 Å². The number of anilines is 1. The second-order valence-electron chi connectivity index (χ2n) is 3.14. The third-order valence-electron chi connectivity index (χ3n) is 1.93. The molecule has 0 bridgehead atoms. The van der Waals surface area contributed by atoms with Crippen LogP contribution in [0.4, 0.5) is 18.9 Å². The Hall–Kier alpha value is -1.72. The van der Waals surface area contributed by atoms with E-state index in [2.05, 4.69) is 15.5 Å². The summed E-state index contributed by atoms with van der Waals surface area (Å²) in [6.45, 7) is -1.03. The predicted octanol–water partition coefficient (Wildman–Crippen LogP) is 2.54. The minimum absolute atomic E-state index is 0.432. The monoisotopic (exact) mass is 215 g/mol. The molecule has 1 aromatic heterocycles. The molecule has 15 heavy (non-hydrogen) atoms. The number of hydrogen-bond donors (Lipinski definition) is 2. The number of rotatable bonds is 2. The third kappa shape index (κ3) is 2.39. The van der Waals surface area contributed by atoms with Crippen molar-refractivity contribution in [1.82, 2.24) is 10.2 Å². The van der Waals surface area contributed by atoms with Gasteiger partial charge in [-0.05, 0) is 18.2 Å². The van der Waals surface area contributed by atoms with Gasteiger partial charge in [-0.25, -0.2) is 0 Å². The lowest BCUT2D eigenvalue weighted by atomic mass is 10.2. The van der Waals surface area contributed by atoms with Crippen LogP contribution < -0.4 is 5.32 Å². The number of fused-ring (bicyclic) bond motifs is 1. The van der Waals surface area contributed by atoms with E-state index in [0.717, 1.165) is 10.9 Å². The fourth-order valence-corrected chi connectivity index (χ4v) is 1.25. The summed E-state index contributed by atoms with van der Waals surface area (Å²) < 4.78 is 35.7. The van der Waals surface area contributed by atoms with Crippen LogP contribution in [0.5, 0.6) is 0 Å². The van der Waals surface area contributed by atoms with E-state index in [4.69, 9.17) is 0 Å². The number of benzene rings is 1. The molecule has 0 spiro atoms. The molecule has 2 aromatic rings. The van der Waals surface area contributed by atoms with Crippen LogP contribution in [0.3, 0.4) is 0 Å². The predicted molar refractivity (Wildman–Crippen MR) is 50.6 cm³/mol. The fourth-order valence-electron chi connectivity index (χ4n) is 1.25. The molecule has 1 heterocycles. The highest BCUT2D eigenvalue weighted by Gasteiger charge is 2.26. The molecular formula is C9H8F3N3. The normalized spacial score (nSPS) is 11.9. The van der Waals surface area contributed by atoms with Gasteiger partial charge in [0, 0.05) is 11.1 Å². The Morgan fingerprint density at radius 1 is 1.33 bits per heavy atom. The van der Waals surface area contributed by atoms with Crippen molar-refractivity contribution in [1.29, 1.82) is 0 Å². The molecule has 1 aromatic carbocycles. The average Bonchev–Trinajstić information content (AvgIpc) is 2.60. The Kier molecular flexibility index (Phi) is 2.26. The van der Waals surface area contributed by atoms with Crippen molar-refractivity contribution in [3.63, 3.8) is 0 Å². The maximum atomic E-state index is 11.9. The van der Waals surface area contributed by atoms with Gasteiger partial charge in [0.15, 0.2) is 0 Å². The van der Waals surface area contributed by atoms with Gasteiger partial charge in [-0.15, -0.1) is 0 Å². The lowest BCUT2D eigenvalue weighted by molar-refractivity contribution is -0.115. The van der Waals surface area contributed by atoms with E-state index in [0.29, 0.717) is 5.69 Å². The van der Waals surface area contributed by atoms with Gasteiger partial charge >= 0.3 is 6.18 Å². The summed E-state index contributed by atoms with van der Waals surface area (Å²) in [4.78, 5) is 0. The van der Waals surface area contributed by atoms with Gasteiger partial charge in [0.25, 0.3) is 0 Å². The minimum Gasteiger partial charge on any atom is -0.376 e. The first kappa shape index (κ1) is 9.82. The zero-order chi connectivity index (χ0) is 10.9. The molecule has 6 heteroatoms. The molecule has 0 atom stereocenters. The van der Waals surface area contributed by atoms with Gasteiger partial charge in [0.2, 0.25) is 0 Å². The number of hydrogen-bond acceptors (Lipinski definition) is 2. The first-order valence-electron chi connectivity index (χ1n) is 4.28. The molecule has 3 nitrogen and oxygen atoms in total. The van der Waals surface area contributed by atoms with Crippen LogP contribution in [-0.4, -0.2) is 22.9 Å². The van der Waals surface area contributed by atoms with E-state index in [9.17, 15) is 13.2 Å². The Morgan fingerprint density at radius 3 is 2.87 bits per heavy atom. The summed E-state index contributed by atoms with van der Waals surface area (Å²) in [5.74, 6) is 0. The van der Waals surface area contributed by atoms with Gasteiger partial charge in [0.1, 0.15) is 6.54 Å². The highest BCUT2D eigenvalue weighted by Crippen LogP contribution is 2.19. The summed E-state index contributed by atoms with van der Waals surface area (Å²) in [6.07, 6.45) is -2.64. The quantitative estimate of drug-likeness (QED) is 0.808. The third-order valence-corrected chi connectivity index (χ3v) is 1.93. The number of H-pyrrole nitrogens is 1. The zero-order valence-corrected chi connectivity index (χ0v) is 7.60. The van der Waals surface area contributed by atoms with Gasteiger partial charge in [0.05, 0.1) is 11.7 Å². The topological polar surface area (TPSA) is 40.7 Å². The molecule has 0 saturated heterocycles. The summed E-state index contributed by atoms with van der Waals surface area (Å²) in [6, 6.07) is 4.87. The van der Waals surface area contributed by atoms with Crippen molar-refractivity contribution in [2.75, 3.05) is 11.9 Å². The van der Waals surface area contributed by atoms with Crippen molar-refractivity contribution in [3.05, 3.63) is 24.4 Å². The molecule has 0 amide bonds. The second-order valence-corrected chi connectivity index (χ2v) is 3.14. The number of alkyl halides is 3. The van der Waals surface area contributed by atoms with Crippen LogP contribution >= 0.6 is 0 Å². The number of aromatic nitrogens is 2. The average molecular weight is 215 g/mol. The van der Waals surface area contributed by atoms with E-state index in [-0.39, 0.29) is 0 Å². The van der Waals surface area contributed by atoms with Crippen LogP contribution in [0.15, 0.2) is 24.4 Å². The maximum Gasteiger partial charge on any atom is 0.405 e. The Morgan fingerprint density at radius 2 is 2.13 bits per heavy atom. The summed E-state index contributed by atoms with van der Waals surface area (Å²) in [5, 5.41) is 9.58. The molecule has 0 radical (unpaired) electrons. The van der Waals surface area contributed by atoms with Crippen LogP contribution in [-0.2, 0) is 0 Å². The summed E-state index contributed by atoms with van der Waals surface area (Å²) in [5.41, 5.74) is 1.23. The largest absolute Gasteiger partial charge is 0.405 e. The molecule has 0 fully saturated rings. The SMILES string of the molecule is FC(F)(F)CNc1ccc2[nH]ncc2c1. The van der Waals surface area contributed by atoms with Crippen LogP contribution in [0, 0.1) is 0 Å². The van der Waals surface area contributed by atoms with Crippen LogP contribution in [0.25, 0.3) is 10.9 Å². The highest BCUT2D eigenvalue weighted by atomic mass is 19.4. The molecular weight excluding hydrogens is 207 g/mol. The number of halogens is 3. The summed E-state index contributed by atoms with van der Waals surface area (Å²) >= 11 is 0. The lowest BCUT2D eigenvalue weighted by Gasteiger charge is -2.09. The van der Waals surface area contributed by atoms with E-state index >= 15 is 0 Å². The highest BCUT2D eigenvalue weighted by molar-refractivity contribution is 5.81. The van der Waals surface area contributed by atoms with Gasteiger partial charge < -0.3 is 5.32 Å².